The second-order valence-corrected chi connectivity index (χ2v) is 6.29. The normalized spacial score (nSPS) is 21.8. The predicted molar refractivity (Wildman–Crippen MR) is 75.6 cm³/mol. The van der Waals surface area contributed by atoms with Crippen LogP contribution in [0.3, 0.4) is 0 Å². The van der Waals surface area contributed by atoms with Gasteiger partial charge in [0.05, 0.1) is 12.1 Å². The molecule has 3 atom stereocenters. The fourth-order valence-corrected chi connectivity index (χ4v) is 2.51. The van der Waals surface area contributed by atoms with Crippen LogP contribution in [0.4, 0.5) is 0 Å². The van der Waals surface area contributed by atoms with Gasteiger partial charge in [-0.15, -0.1) is 0 Å². The first-order valence-corrected chi connectivity index (χ1v) is 6.94. The molecule has 0 aromatic rings. The Bertz CT molecular complexity index is 408. The highest BCUT2D eigenvalue weighted by Gasteiger charge is 2.33. The van der Waals surface area contributed by atoms with Gasteiger partial charge in [0.25, 0.3) is 0 Å². The number of carbonyl (C=O) groups is 2. The summed E-state index contributed by atoms with van der Waals surface area (Å²) in [7, 11) is 1.72. The maximum Gasteiger partial charge on any atom is 0.238 e. The molecular formula is C14H24N4O2. The third-order valence-corrected chi connectivity index (χ3v) is 3.57. The molecular weight excluding hydrogens is 256 g/mol. The van der Waals surface area contributed by atoms with Gasteiger partial charge in [-0.2, -0.15) is 5.26 Å². The van der Waals surface area contributed by atoms with Crippen molar-refractivity contribution in [3.05, 3.63) is 0 Å². The number of rotatable bonds is 5. The van der Waals surface area contributed by atoms with Crippen molar-refractivity contribution in [2.24, 2.45) is 11.3 Å². The largest absolute Gasteiger partial charge is 0.356 e. The highest BCUT2D eigenvalue weighted by molar-refractivity contribution is 5.83. The zero-order chi connectivity index (χ0) is 15.3. The molecule has 0 aliphatic carbocycles. The standard InChI is InChI=1S/C14H24N4O2/c1-14(2,3)11(16-4)13(20)18-10(8-15)7-9-5-6-17-12(9)19/h9-11,16H,5-7H2,1-4H3,(H,17,19)(H,18,20)/t9?,10?,11-/m1/s1. The lowest BCUT2D eigenvalue weighted by Gasteiger charge is -2.30. The summed E-state index contributed by atoms with van der Waals surface area (Å²) in [5, 5.41) is 17.6. The van der Waals surface area contributed by atoms with Gasteiger partial charge in [-0.25, -0.2) is 0 Å². The Morgan fingerprint density at radius 2 is 2.20 bits per heavy atom. The molecule has 0 spiro atoms. The van der Waals surface area contributed by atoms with E-state index >= 15 is 0 Å². The van der Waals surface area contributed by atoms with E-state index in [1.165, 1.54) is 0 Å². The summed E-state index contributed by atoms with van der Waals surface area (Å²) >= 11 is 0. The molecule has 0 bridgehead atoms. The lowest BCUT2D eigenvalue weighted by molar-refractivity contribution is -0.127. The van der Waals surface area contributed by atoms with Crippen LogP contribution >= 0.6 is 0 Å². The number of nitrogens with zero attached hydrogens (tertiary/aromatic N) is 1. The lowest BCUT2D eigenvalue weighted by Crippen LogP contribution is -2.52. The SMILES string of the molecule is CN[C@H](C(=O)NC(C#N)CC1CCNC1=O)C(C)(C)C. The van der Waals surface area contributed by atoms with Gasteiger partial charge in [0.2, 0.25) is 11.8 Å². The van der Waals surface area contributed by atoms with E-state index in [0.717, 1.165) is 6.42 Å². The van der Waals surface area contributed by atoms with Gasteiger partial charge in [-0.3, -0.25) is 9.59 Å². The first-order valence-electron chi connectivity index (χ1n) is 6.94. The van der Waals surface area contributed by atoms with Crippen molar-refractivity contribution in [2.75, 3.05) is 13.6 Å². The Morgan fingerprint density at radius 3 is 2.60 bits per heavy atom. The molecule has 20 heavy (non-hydrogen) atoms. The summed E-state index contributed by atoms with van der Waals surface area (Å²) < 4.78 is 0. The molecule has 1 fully saturated rings. The van der Waals surface area contributed by atoms with Gasteiger partial charge in [0.15, 0.2) is 0 Å². The lowest BCUT2D eigenvalue weighted by atomic mass is 9.86. The highest BCUT2D eigenvalue weighted by atomic mass is 16.2. The second kappa shape index (κ2) is 6.71. The van der Waals surface area contributed by atoms with Crippen molar-refractivity contribution in [2.45, 2.75) is 45.7 Å². The number of nitrogens with one attached hydrogen (secondary N) is 3. The quantitative estimate of drug-likeness (QED) is 0.668. The summed E-state index contributed by atoms with van der Waals surface area (Å²) in [6.45, 7) is 6.52. The zero-order valence-corrected chi connectivity index (χ0v) is 12.6. The molecule has 6 heteroatoms. The van der Waals surface area contributed by atoms with Crippen molar-refractivity contribution >= 4 is 11.8 Å². The Labute approximate surface area is 120 Å². The molecule has 1 rings (SSSR count). The molecule has 6 nitrogen and oxygen atoms in total. The minimum absolute atomic E-state index is 0.0273. The summed E-state index contributed by atoms with van der Waals surface area (Å²) in [5.74, 6) is -0.409. The molecule has 0 aromatic heterocycles. The average Bonchev–Trinajstić information content (AvgIpc) is 2.73. The molecule has 112 valence electrons. The van der Waals surface area contributed by atoms with Gasteiger partial charge >= 0.3 is 0 Å². The number of carbonyl (C=O) groups excluding carboxylic acids is 2. The van der Waals surface area contributed by atoms with Crippen LogP contribution in [0.1, 0.15) is 33.6 Å². The summed E-state index contributed by atoms with van der Waals surface area (Å²) in [4.78, 5) is 23.7. The maximum atomic E-state index is 12.2. The highest BCUT2D eigenvalue weighted by Crippen LogP contribution is 2.20. The maximum absolute atomic E-state index is 12.2. The summed E-state index contributed by atoms with van der Waals surface area (Å²) in [6, 6.07) is 1.06. The number of amides is 2. The number of hydrogen-bond acceptors (Lipinski definition) is 4. The van der Waals surface area contributed by atoms with E-state index in [2.05, 4.69) is 22.0 Å². The van der Waals surface area contributed by atoms with Crippen LogP contribution in [-0.2, 0) is 9.59 Å². The Balaban J connectivity index is 2.62. The van der Waals surface area contributed by atoms with Crippen LogP contribution in [0.15, 0.2) is 0 Å². The van der Waals surface area contributed by atoms with Gasteiger partial charge in [-0.1, -0.05) is 20.8 Å². The second-order valence-electron chi connectivity index (χ2n) is 6.29. The smallest absolute Gasteiger partial charge is 0.238 e. The van der Waals surface area contributed by atoms with Gasteiger partial charge in [0.1, 0.15) is 6.04 Å². The molecule has 1 saturated heterocycles. The van der Waals surface area contributed by atoms with Crippen LogP contribution in [0.25, 0.3) is 0 Å². The molecule has 0 aromatic carbocycles. The molecule has 1 aliphatic rings. The average molecular weight is 280 g/mol. The van der Waals surface area contributed by atoms with Crippen molar-refractivity contribution in [1.82, 2.24) is 16.0 Å². The number of hydrogen-bond donors (Lipinski definition) is 3. The Hall–Kier alpha value is -1.61. The molecule has 1 heterocycles. The van der Waals surface area contributed by atoms with Crippen LogP contribution < -0.4 is 16.0 Å². The first-order chi connectivity index (χ1) is 9.29. The molecule has 2 unspecified atom stereocenters. The fraction of sp³-hybridized carbons (Fsp3) is 0.786. The fourth-order valence-electron chi connectivity index (χ4n) is 2.51. The molecule has 0 radical (unpaired) electrons. The van der Waals surface area contributed by atoms with Crippen molar-refractivity contribution in [3.63, 3.8) is 0 Å². The summed E-state index contributed by atoms with van der Waals surface area (Å²) in [6.07, 6.45) is 1.09. The van der Waals surface area contributed by atoms with Gasteiger partial charge < -0.3 is 16.0 Å². The number of nitriles is 1. The van der Waals surface area contributed by atoms with E-state index in [4.69, 9.17) is 5.26 Å². The monoisotopic (exact) mass is 280 g/mol. The summed E-state index contributed by atoms with van der Waals surface area (Å²) in [5.41, 5.74) is -0.246. The first kappa shape index (κ1) is 16.4. The molecule has 1 aliphatic heterocycles. The molecule has 0 saturated carbocycles. The van der Waals surface area contributed by atoms with Crippen LogP contribution in [0.2, 0.25) is 0 Å². The minimum atomic E-state index is -0.630. The predicted octanol–water partition coefficient (Wildman–Crippen LogP) is 0.155. The van der Waals surface area contributed by atoms with E-state index < -0.39 is 6.04 Å². The minimum Gasteiger partial charge on any atom is -0.356 e. The number of likely N-dealkylation sites (N-methyl/N-ethyl adjacent to an activating group) is 1. The van der Waals surface area contributed by atoms with Crippen LogP contribution in [-0.4, -0.2) is 37.5 Å². The van der Waals surface area contributed by atoms with E-state index in [1.54, 1.807) is 7.05 Å². The Morgan fingerprint density at radius 1 is 1.55 bits per heavy atom. The van der Waals surface area contributed by atoms with E-state index in [9.17, 15) is 9.59 Å². The Kier molecular flexibility index (Phi) is 5.52. The van der Waals surface area contributed by atoms with Gasteiger partial charge in [0, 0.05) is 12.5 Å². The third-order valence-electron chi connectivity index (χ3n) is 3.57. The van der Waals surface area contributed by atoms with Crippen LogP contribution in [0.5, 0.6) is 0 Å². The zero-order valence-electron chi connectivity index (χ0n) is 12.6. The van der Waals surface area contributed by atoms with Gasteiger partial charge in [-0.05, 0) is 25.3 Å². The van der Waals surface area contributed by atoms with Crippen molar-refractivity contribution < 1.29 is 9.59 Å². The third kappa shape index (κ3) is 4.20. The molecule has 2 amide bonds. The van der Waals surface area contributed by atoms with E-state index in [0.29, 0.717) is 13.0 Å². The van der Waals surface area contributed by atoms with Crippen molar-refractivity contribution in [3.8, 4) is 6.07 Å². The molecule has 3 N–H and O–H groups in total. The topological polar surface area (TPSA) is 94.0 Å². The van der Waals surface area contributed by atoms with Crippen LogP contribution in [0, 0.1) is 22.7 Å². The van der Waals surface area contributed by atoms with E-state index in [1.807, 2.05) is 20.8 Å². The van der Waals surface area contributed by atoms with E-state index in [-0.39, 0.29) is 29.2 Å². The van der Waals surface area contributed by atoms with Crippen molar-refractivity contribution in [1.29, 1.82) is 5.26 Å².